The van der Waals surface area contributed by atoms with Crippen LogP contribution in [0, 0.1) is 0 Å². The van der Waals surface area contributed by atoms with Gasteiger partial charge in [-0.15, -0.1) is 11.3 Å². The van der Waals surface area contributed by atoms with Crippen molar-refractivity contribution in [3.63, 3.8) is 0 Å². The highest BCUT2D eigenvalue weighted by molar-refractivity contribution is 7.09. The van der Waals surface area contributed by atoms with Crippen molar-refractivity contribution in [3.05, 3.63) is 52.5 Å². The minimum atomic E-state index is 0.233. The molecule has 24 heavy (non-hydrogen) atoms. The minimum Gasteiger partial charge on any atom is -0.372 e. The maximum absolute atomic E-state index is 6.31. The second-order valence-corrected chi connectivity index (χ2v) is 7.65. The molecule has 0 spiro atoms. The van der Waals surface area contributed by atoms with Gasteiger partial charge in [0.05, 0.1) is 31.1 Å². The van der Waals surface area contributed by atoms with E-state index in [-0.39, 0.29) is 6.10 Å². The monoisotopic (exact) mass is 344 g/mol. The van der Waals surface area contributed by atoms with Crippen molar-refractivity contribution in [1.29, 1.82) is 0 Å². The van der Waals surface area contributed by atoms with Gasteiger partial charge in [-0.1, -0.05) is 12.1 Å². The van der Waals surface area contributed by atoms with E-state index in [0.29, 0.717) is 25.4 Å². The van der Waals surface area contributed by atoms with E-state index in [1.54, 1.807) is 6.20 Å². The first-order chi connectivity index (χ1) is 11.9. The van der Waals surface area contributed by atoms with Crippen LogP contribution in [-0.4, -0.2) is 41.3 Å². The summed E-state index contributed by atoms with van der Waals surface area (Å²) in [6.45, 7) is 3.46. The Kier molecular flexibility index (Phi) is 5.23. The minimum absolute atomic E-state index is 0.233. The average Bonchev–Trinajstić information content (AvgIpc) is 3.26. The number of fused-ring (bicyclic) bond motifs is 1. The van der Waals surface area contributed by atoms with Gasteiger partial charge in [-0.3, -0.25) is 9.88 Å². The van der Waals surface area contributed by atoms with Crippen LogP contribution in [0.25, 0.3) is 0 Å². The molecule has 2 saturated heterocycles. The smallest absolute Gasteiger partial charge is 0.0889 e. The zero-order valence-electron chi connectivity index (χ0n) is 13.8. The molecule has 0 bridgehead atoms. The van der Waals surface area contributed by atoms with E-state index >= 15 is 0 Å². The molecular weight excluding hydrogens is 320 g/mol. The summed E-state index contributed by atoms with van der Waals surface area (Å²) in [5, 5.41) is 2.16. The molecule has 0 radical (unpaired) electrons. The SMILES string of the molecule is c1ccc(COC[C@@H]2CC[C@H]3[C@H](CCN3Cc3cccs3)O2)nc1. The Morgan fingerprint density at radius 1 is 1.21 bits per heavy atom. The standard InChI is InChI=1S/C19H24N2O2S/c1-2-9-20-15(4-1)13-22-14-16-6-7-18-19(23-16)8-10-21(18)12-17-5-3-11-24-17/h1-5,9,11,16,18-19H,6-8,10,12-14H2/t16-,18-,19-/m0/s1. The fourth-order valence-electron chi connectivity index (χ4n) is 3.79. The summed E-state index contributed by atoms with van der Waals surface area (Å²) in [5.74, 6) is 0. The summed E-state index contributed by atoms with van der Waals surface area (Å²) in [4.78, 5) is 8.34. The summed E-state index contributed by atoms with van der Waals surface area (Å²) in [7, 11) is 0. The molecular formula is C19H24N2O2S. The first kappa shape index (κ1) is 16.2. The van der Waals surface area contributed by atoms with Crippen molar-refractivity contribution in [2.45, 2.75) is 50.7 Å². The van der Waals surface area contributed by atoms with Gasteiger partial charge in [0.25, 0.3) is 0 Å². The van der Waals surface area contributed by atoms with Crippen LogP contribution < -0.4 is 0 Å². The second-order valence-electron chi connectivity index (χ2n) is 6.62. The van der Waals surface area contributed by atoms with Crippen LogP contribution in [0.3, 0.4) is 0 Å². The molecule has 0 saturated carbocycles. The van der Waals surface area contributed by atoms with Gasteiger partial charge in [0.2, 0.25) is 0 Å². The van der Waals surface area contributed by atoms with Gasteiger partial charge < -0.3 is 9.47 Å². The number of likely N-dealkylation sites (tertiary alicyclic amines) is 1. The molecule has 4 heterocycles. The molecule has 5 heteroatoms. The predicted octanol–water partition coefficient (Wildman–Crippen LogP) is 3.48. The van der Waals surface area contributed by atoms with Crippen LogP contribution in [0.4, 0.5) is 0 Å². The summed E-state index contributed by atoms with van der Waals surface area (Å²) in [6, 6.07) is 10.9. The number of hydrogen-bond acceptors (Lipinski definition) is 5. The molecule has 0 unspecified atom stereocenters. The van der Waals surface area contributed by atoms with Crippen LogP contribution >= 0.6 is 11.3 Å². The predicted molar refractivity (Wildman–Crippen MR) is 94.9 cm³/mol. The largest absolute Gasteiger partial charge is 0.372 e. The number of rotatable bonds is 6. The normalized spacial score (nSPS) is 27.2. The Labute approximate surface area is 147 Å². The van der Waals surface area contributed by atoms with Gasteiger partial charge >= 0.3 is 0 Å². The summed E-state index contributed by atoms with van der Waals surface area (Å²) < 4.78 is 12.1. The number of pyridine rings is 1. The van der Waals surface area contributed by atoms with E-state index in [1.165, 1.54) is 11.3 Å². The highest BCUT2D eigenvalue weighted by Crippen LogP contribution is 2.33. The molecule has 4 nitrogen and oxygen atoms in total. The number of thiophene rings is 1. The topological polar surface area (TPSA) is 34.6 Å². The fraction of sp³-hybridized carbons (Fsp3) is 0.526. The first-order valence-corrected chi connectivity index (χ1v) is 9.66. The van der Waals surface area contributed by atoms with Crippen LogP contribution in [0.2, 0.25) is 0 Å². The lowest BCUT2D eigenvalue weighted by atomic mass is 9.99. The van der Waals surface area contributed by atoms with E-state index in [9.17, 15) is 0 Å². The highest BCUT2D eigenvalue weighted by atomic mass is 32.1. The van der Waals surface area contributed by atoms with E-state index in [0.717, 1.165) is 31.6 Å². The summed E-state index contributed by atoms with van der Waals surface area (Å²) in [6.07, 6.45) is 5.87. The quantitative estimate of drug-likeness (QED) is 0.803. The third kappa shape index (κ3) is 3.86. The second kappa shape index (κ2) is 7.74. The molecule has 2 aromatic rings. The fourth-order valence-corrected chi connectivity index (χ4v) is 4.52. The molecule has 2 fully saturated rings. The van der Waals surface area contributed by atoms with E-state index in [4.69, 9.17) is 9.47 Å². The van der Waals surface area contributed by atoms with E-state index < -0.39 is 0 Å². The molecule has 3 atom stereocenters. The molecule has 0 amide bonds. The molecule has 2 aromatic heterocycles. The van der Waals surface area contributed by atoms with Gasteiger partial charge in [-0.05, 0) is 42.8 Å². The van der Waals surface area contributed by atoms with Gasteiger partial charge in [0.1, 0.15) is 0 Å². The molecule has 0 aromatic carbocycles. The van der Waals surface area contributed by atoms with E-state index in [1.807, 2.05) is 29.5 Å². The van der Waals surface area contributed by atoms with Crippen molar-refractivity contribution in [3.8, 4) is 0 Å². The Morgan fingerprint density at radius 3 is 3.04 bits per heavy atom. The Bertz CT molecular complexity index is 620. The van der Waals surface area contributed by atoms with Crippen LogP contribution in [0.5, 0.6) is 0 Å². The zero-order chi connectivity index (χ0) is 16.2. The Hall–Kier alpha value is -1.27. The van der Waals surface area contributed by atoms with Crippen LogP contribution in [-0.2, 0) is 22.6 Å². The number of ether oxygens (including phenoxy) is 2. The first-order valence-electron chi connectivity index (χ1n) is 8.78. The Balaban J connectivity index is 1.23. The van der Waals surface area contributed by atoms with Crippen molar-refractivity contribution < 1.29 is 9.47 Å². The number of hydrogen-bond donors (Lipinski definition) is 0. The summed E-state index contributed by atoms with van der Waals surface area (Å²) >= 11 is 1.85. The van der Waals surface area contributed by atoms with Crippen molar-refractivity contribution in [2.75, 3.05) is 13.2 Å². The number of nitrogens with zero attached hydrogens (tertiary/aromatic N) is 2. The van der Waals surface area contributed by atoms with Crippen molar-refractivity contribution >= 4 is 11.3 Å². The molecule has 2 aliphatic heterocycles. The van der Waals surface area contributed by atoms with E-state index in [2.05, 4.69) is 27.4 Å². The average molecular weight is 344 g/mol. The van der Waals surface area contributed by atoms with Crippen LogP contribution in [0.15, 0.2) is 41.9 Å². The lowest BCUT2D eigenvalue weighted by Gasteiger charge is -2.35. The summed E-state index contributed by atoms with van der Waals surface area (Å²) in [5.41, 5.74) is 0.981. The maximum Gasteiger partial charge on any atom is 0.0889 e. The third-order valence-electron chi connectivity index (χ3n) is 4.97. The third-order valence-corrected chi connectivity index (χ3v) is 5.83. The van der Waals surface area contributed by atoms with Crippen molar-refractivity contribution in [2.24, 2.45) is 0 Å². The lowest BCUT2D eigenvalue weighted by Crippen LogP contribution is -2.43. The van der Waals surface area contributed by atoms with Gasteiger partial charge in [-0.25, -0.2) is 0 Å². The van der Waals surface area contributed by atoms with Crippen LogP contribution in [0.1, 0.15) is 29.8 Å². The lowest BCUT2D eigenvalue weighted by molar-refractivity contribution is -0.102. The molecule has 0 N–H and O–H groups in total. The zero-order valence-corrected chi connectivity index (χ0v) is 14.7. The van der Waals surface area contributed by atoms with Gasteiger partial charge in [-0.2, -0.15) is 0 Å². The molecule has 4 rings (SSSR count). The van der Waals surface area contributed by atoms with Gasteiger partial charge in [0.15, 0.2) is 0 Å². The Morgan fingerprint density at radius 2 is 2.21 bits per heavy atom. The molecule has 0 aliphatic carbocycles. The molecule has 2 aliphatic rings. The maximum atomic E-state index is 6.31. The highest BCUT2D eigenvalue weighted by Gasteiger charge is 2.39. The van der Waals surface area contributed by atoms with Gasteiger partial charge in [0, 0.05) is 30.2 Å². The van der Waals surface area contributed by atoms with Crippen molar-refractivity contribution in [1.82, 2.24) is 9.88 Å². The number of aromatic nitrogens is 1. The molecule has 128 valence electrons.